The van der Waals surface area contributed by atoms with Crippen molar-refractivity contribution in [1.29, 1.82) is 0 Å². The van der Waals surface area contributed by atoms with Gasteiger partial charge in [-0.15, -0.1) is 0 Å². The Balaban J connectivity index is 1.52. The van der Waals surface area contributed by atoms with Gasteiger partial charge in [-0.25, -0.2) is 0 Å². The number of carboxylic acid groups (broad SMARTS) is 1. The van der Waals surface area contributed by atoms with Crippen LogP contribution in [0.25, 0.3) is 0 Å². The number of nitrogens with zero attached hydrogens (tertiary/aromatic N) is 1. The lowest BCUT2D eigenvalue weighted by Gasteiger charge is -2.24. The van der Waals surface area contributed by atoms with Crippen LogP contribution in [0.2, 0.25) is 5.02 Å². The van der Waals surface area contributed by atoms with Crippen LogP contribution in [0.15, 0.2) is 66.7 Å². The molecular formula is C27H26ClNO5. The number of ether oxygens (including phenoxy) is 2. The molecule has 0 spiro atoms. The Hall–Kier alpha value is -3.51. The highest BCUT2D eigenvalue weighted by molar-refractivity contribution is 6.30. The topological polar surface area (TPSA) is 76.1 Å². The zero-order valence-electron chi connectivity index (χ0n) is 19.1. The normalized spacial score (nSPS) is 16.4. The minimum atomic E-state index is -1.07. The molecule has 0 aliphatic carbocycles. The van der Waals surface area contributed by atoms with Crippen molar-refractivity contribution in [2.45, 2.75) is 31.9 Å². The van der Waals surface area contributed by atoms with E-state index >= 15 is 0 Å². The average Bonchev–Trinajstić information content (AvgIpc) is 3.14. The Morgan fingerprint density at radius 2 is 1.85 bits per heavy atom. The van der Waals surface area contributed by atoms with Gasteiger partial charge in [0.15, 0.2) is 0 Å². The number of hydrogen-bond acceptors (Lipinski definition) is 4. The second kappa shape index (κ2) is 9.77. The third-order valence-corrected chi connectivity index (χ3v) is 6.09. The van der Waals surface area contributed by atoms with Crippen LogP contribution in [0.5, 0.6) is 11.5 Å². The first-order valence-electron chi connectivity index (χ1n) is 10.9. The third kappa shape index (κ3) is 5.51. The largest absolute Gasteiger partial charge is 0.497 e. The van der Waals surface area contributed by atoms with Crippen molar-refractivity contribution in [1.82, 2.24) is 4.90 Å². The summed E-state index contributed by atoms with van der Waals surface area (Å²) in [4.78, 5) is 26.1. The maximum Gasteiger partial charge on any atom is 0.323 e. The number of carboxylic acids is 1. The van der Waals surface area contributed by atoms with E-state index in [9.17, 15) is 14.7 Å². The van der Waals surface area contributed by atoms with Gasteiger partial charge in [0.1, 0.15) is 23.6 Å². The molecule has 0 radical (unpaired) electrons. The number of rotatable bonds is 8. The first kappa shape index (κ1) is 23.6. The van der Waals surface area contributed by atoms with Crippen LogP contribution in [0.3, 0.4) is 0 Å². The highest BCUT2D eigenvalue weighted by Gasteiger charge is 2.35. The molecule has 176 valence electrons. The van der Waals surface area contributed by atoms with E-state index in [4.69, 9.17) is 21.1 Å². The van der Waals surface area contributed by atoms with E-state index in [1.807, 2.05) is 49.4 Å². The fourth-order valence-electron chi connectivity index (χ4n) is 4.32. The number of carbonyl (C=O) groups is 2. The van der Waals surface area contributed by atoms with Crippen molar-refractivity contribution in [2.75, 3.05) is 13.7 Å². The summed E-state index contributed by atoms with van der Waals surface area (Å²) in [5.41, 5.74) is 2.82. The average molecular weight is 480 g/mol. The molecule has 1 heterocycles. The number of fused-ring (bicyclic) bond motifs is 1. The molecule has 1 aliphatic rings. The van der Waals surface area contributed by atoms with E-state index in [-0.39, 0.29) is 12.5 Å². The van der Waals surface area contributed by atoms with Gasteiger partial charge in [-0.3, -0.25) is 9.59 Å². The third-order valence-electron chi connectivity index (χ3n) is 5.84. The molecule has 1 aliphatic heterocycles. The highest BCUT2D eigenvalue weighted by Crippen LogP contribution is 2.38. The van der Waals surface area contributed by atoms with Gasteiger partial charge in [-0.1, -0.05) is 35.9 Å². The number of methoxy groups -OCH3 is 1. The number of hydrogen-bond donors (Lipinski definition) is 1. The van der Waals surface area contributed by atoms with Crippen LogP contribution < -0.4 is 9.47 Å². The van der Waals surface area contributed by atoms with Gasteiger partial charge in [0.05, 0.1) is 7.11 Å². The number of amides is 1. The molecule has 0 bridgehead atoms. The van der Waals surface area contributed by atoms with Gasteiger partial charge in [0, 0.05) is 30.0 Å². The molecule has 1 amide bonds. The second-order valence-electron chi connectivity index (χ2n) is 8.76. The van der Waals surface area contributed by atoms with Gasteiger partial charge < -0.3 is 19.5 Å². The van der Waals surface area contributed by atoms with Crippen LogP contribution >= 0.6 is 11.6 Å². The van der Waals surface area contributed by atoms with Crippen LogP contribution in [0.4, 0.5) is 0 Å². The molecule has 0 fully saturated rings. The molecule has 34 heavy (non-hydrogen) atoms. The van der Waals surface area contributed by atoms with Crippen molar-refractivity contribution in [3.63, 3.8) is 0 Å². The molecule has 1 atom stereocenters. The molecule has 1 unspecified atom stereocenters. The molecule has 3 aromatic carbocycles. The lowest BCUT2D eigenvalue weighted by atomic mass is 9.91. The van der Waals surface area contributed by atoms with E-state index in [2.05, 4.69) is 0 Å². The van der Waals surface area contributed by atoms with Crippen LogP contribution in [-0.4, -0.2) is 41.1 Å². The summed E-state index contributed by atoms with van der Waals surface area (Å²) in [5, 5.41) is 10.1. The molecule has 3 aromatic rings. The Kier molecular flexibility index (Phi) is 6.80. The lowest BCUT2D eigenvalue weighted by molar-refractivity contribution is -0.137. The number of halogens is 1. The minimum Gasteiger partial charge on any atom is -0.497 e. The second-order valence-corrected chi connectivity index (χ2v) is 9.20. The van der Waals surface area contributed by atoms with Crippen molar-refractivity contribution in [2.24, 2.45) is 0 Å². The maximum atomic E-state index is 13.3. The lowest BCUT2D eigenvalue weighted by Crippen LogP contribution is -2.35. The zero-order chi connectivity index (χ0) is 24.3. The summed E-state index contributed by atoms with van der Waals surface area (Å²) in [6.07, 6.45) is 1.34. The monoisotopic (exact) mass is 479 g/mol. The summed E-state index contributed by atoms with van der Waals surface area (Å²) in [7, 11) is 1.56. The maximum absolute atomic E-state index is 13.3. The SMILES string of the molecule is COc1cccc(CN(CC(=O)O)C(=O)c2ccc3c(c2)CC(C)(Cc2ccc(Cl)cc2)O3)c1. The van der Waals surface area contributed by atoms with E-state index in [0.29, 0.717) is 29.2 Å². The predicted molar refractivity (Wildman–Crippen MR) is 130 cm³/mol. The smallest absolute Gasteiger partial charge is 0.323 e. The van der Waals surface area contributed by atoms with Gasteiger partial charge >= 0.3 is 5.97 Å². The van der Waals surface area contributed by atoms with Crippen LogP contribution in [0, 0.1) is 0 Å². The van der Waals surface area contributed by atoms with Crippen molar-refractivity contribution >= 4 is 23.5 Å². The Morgan fingerprint density at radius 3 is 2.56 bits per heavy atom. The Bertz CT molecular complexity index is 1210. The highest BCUT2D eigenvalue weighted by atomic mass is 35.5. The first-order valence-corrected chi connectivity index (χ1v) is 11.3. The summed E-state index contributed by atoms with van der Waals surface area (Å²) in [5.74, 6) is -0.0314. The van der Waals surface area contributed by atoms with Gasteiger partial charge in [-0.05, 0) is 66.1 Å². The fourth-order valence-corrected chi connectivity index (χ4v) is 4.45. The van der Waals surface area contributed by atoms with Crippen molar-refractivity contribution < 1.29 is 24.2 Å². The molecular weight excluding hydrogens is 454 g/mol. The molecule has 7 heteroatoms. The van der Waals surface area contributed by atoms with Gasteiger partial charge in [-0.2, -0.15) is 0 Å². The van der Waals surface area contributed by atoms with E-state index in [1.54, 1.807) is 31.4 Å². The summed E-state index contributed by atoms with van der Waals surface area (Å²) >= 11 is 6.00. The standard InChI is InChI=1S/C27H26ClNO5/c1-27(14-18-6-9-22(28)10-7-18)15-21-13-20(8-11-24(21)34-27)26(32)29(17-25(30)31)16-19-4-3-5-23(12-19)33-2/h3-13H,14-17H2,1-2H3,(H,30,31). The molecule has 0 saturated carbocycles. The minimum absolute atomic E-state index is 0.157. The van der Waals surface area contributed by atoms with E-state index in [0.717, 1.165) is 22.4 Å². The van der Waals surface area contributed by atoms with Crippen LogP contribution in [0.1, 0.15) is 34.0 Å². The zero-order valence-corrected chi connectivity index (χ0v) is 19.8. The van der Waals surface area contributed by atoms with Crippen molar-refractivity contribution in [3.05, 3.63) is 94.0 Å². The van der Waals surface area contributed by atoms with Crippen LogP contribution in [-0.2, 0) is 24.2 Å². The molecule has 1 N–H and O–H groups in total. The van der Waals surface area contributed by atoms with Gasteiger partial charge in [0.2, 0.25) is 0 Å². The summed E-state index contributed by atoms with van der Waals surface area (Å²) in [6.45, 7) is 1.80. The predicted octanol–water partition coefficient (Wildman–Crippen LogP) is 5.01. The number of benzene rings is 3. The quantitative estimate of drug-likeness (QED) is 0.491. The Morgan fingerprint density at radius 1 is 1.09 bits per heavy atom. The van der Waals surface area contributed by atoms with Gasteiger partial charge in [0.25, 0.3) is 5.91 Å². The molecule has 4 rings (SSSR count). The van der Waals surface area contributed by atoms with E-state index in [1.165, 1.54) is 4.90 Å². The van der Waals surface area contributed by atoms with E-state index < -0.39 is 18.1 Å². The fraction of sp³-hybridized carbons (Fsp3) is 0.259. The first-order chi connectivity index (χ1) is 16.2. The molecule has 6 nitrogen and oxygen atoms in total. The van der Waals surface area contributed by atoms with Crippen molar-refractivity contribution in [3.8, 4) is 11.5 Å². The number of carbonyl (C=O) groups excluding carboxylic acids is 1. The summed E-state index contributed by atoms with van der Waals surface area (Å²) in [6, 6.07) is 20.2. The summed E-state index contributed by atoms with van der Waals surface area (Å²) < 4.78 is 11.5. The Labute approximate surface area is 203 Å². The molecule has 0 saturated heterocycles. The molecule has 0 aromatic heterocycles. The number of aliphatic carboxylic acids is 1.